The number of nitrogens with zero attached hydrogens (tertiary/aromatic N) is 2. The summed E-state index contributed by atoms with van der Waals surface area (Å²) in [5.41, 5.74) is 3.97. The molecule has 2 aliphatic heterocycles. The summed E-state index contributed by atoms with van der Waals surface area (Å²) in [6.07, 6.45) is 6.10. The first kappa shape index (κ1) is 18.8. The maximum atomic E-state index is 12.7. The Bertz CT molecular complexity index is 891. The minimum atomic E-state index is -0.216. The van der Waals surface area contributed by atoms with E-state index in [9.17, 15) is 4.79 Å². The van der Waals surface area contributed by atoms with Crippen molar-refractivity contribution < 1.29 is 23.4 Å². The summed E-state index contributed by atoms with van der Waals surface area (Å²) in [5, 5.41) is 7.73. The van der Waals surface area contributed by atoms with Gasteiger partial charge in [0.15, 0.2) is 5.76 Å². The molecule has 0 saturated carbocycles. The van der Waals surface area contributed by atoms with Gasteiger partial charge in [-0.15, -0.1) is 0 Å². The molecule has 2 aromatic heterocycles. The van der Waals surface area contributed by atoms with E-state index in [0.717, 1.165) is 61.4 Å². The molecule has 2 atom stereocenters. The molecule has 0 spiro atoms. The average Bonchev–Trinajstić information content (AvgIpc) is 3.46. The number of amides is 1. The normalized spacial score (nSPS) is 23.6. The number of fused-ring (bicyclic) bond motifs is 3. The Morgan fingerprint density at radius 2 is 2.14 bits per heavy atom. The number of hydrogen-bond acceptors (Lipinski definition) is 6. The molecule has 1 N–H and O–H groups in total. The largest absolute Gasteiger partial charge is 0.455 e. The molecule has 0 bridgehead atoms. The third-order valence-electron chi connectivity index (χ3n) is 5.91. The third-order valence-corrected chi connectivity index (χ3v) is 5.91. The van der Waals surface area contributed by atoms with Gasteiger partial charge in [0.05, 0.1) is 44.3 Å². The summed E-state index contributed by atoms with van der Waals surface area (Å²) in [5.74, 6) is 0.999. The van der Waals surface area contributed by atoms with E-state index in [-0.39, 0.29) is 18.1 Å². The average molecular weight is 401 g/mol. The Hall–Kier alpha value is -2.16. The van der Waals surface area contributed by atoms with E-state index >= 15 is 0 Å². The van der Waals surface area contributed by atoms with E-state index in [2.05, 4.69) is 11.5 Å². The fourth-order valence-corrected chi connectivity index (χ4v) is 4.41. The monoisotopic (exact) mass is 401 g/mol. The molecule has 0 aromatic carbocycles. The Balaban J connectivity index is 1.33. The number of carbonyl (C=O) groups is 1. The summed E-state index contributed by atoms with van der Waals surface area (Å²) in [6, 6.07) is 0. The smallest absolute Gasteiger partial charge is 0.287 e. The van der Waals surface area contributed by atoms with Gasteiger partial charge in [0.1, 0.15) is 5.76 Å². The van der Waals surface area contributed by atoms with E-state index in [1.54, 1.807) is 0 Å². The first-order chi connectivity index (χ1) is 14.2. The van der Waals surface area contributed by atoms with Crippen molar-refractivity contribution >= 4 is 5.91 Å². The van der Waals surface area contributed by atoms with Gasteiger partial charge in [0.25, 0.3) is 5.91 Å². The zero-order chi connectivity index (χ0) is 19.8. The van der Waals surface area contributed by atoms with Gasteiger partial charge < -0.3 is 23.9 Å². The molecule has 0 radical (unpaired) electrons. The predicted molar refractivity (Wildman–Crippen MR) is 104 cm³/mol. The number of aromatic nitrogens is 2. The van der Waals surface area contributed by atoms with Gasteiger partial charge in [-0.2, -0.15) is 5.10 Å². The molecule has 3 aliphatic rings. The first-order valence-corrected chi connectivity index (χ1v) is 10.5. The minimum Gasteiger partial charge on any atom is -0.455 e. The summed E-state index contributed by atoms with van der Waals surface area (Å²) in [7, 11) is 0. The first-order valence-electron chi connectivity index (χ1n) is 10.5. The molecule has 1 aliphatic carbocycles. The lowest BCUT2D eigenvalue weighted by atomic mass is 9.93. The van der Waals surface area contributed by atoms with Crippen LogP contribution < -0.4 is 5.32 Å². The molecule has 0 unspecified atom stereocenters. The lowest BCUT2D eigenvalue weighted by Crippen LogP contribution is -2.39. The lowest BCUT2D eigenvalue weighted by Gasteiger charge is -2.22. The van der Waals surface area contributed by atoms with Crippen LogP contribution in [0, 0.1) is 6.92 Å². The van der Waals surface area contributed by atoms with Crippen LogP contribution in [0.3, 0.4) is 0 Å². The van der Waals surface area contributed by atoms with Crippen LogP contribution in [0.15, 0.2) is 10.6 Å². The molecule has 4 heterocycles. The summed E-state index contributed by atoms with van der Waals surface area (Å²) >= 11 is 0. The van der Waals surface area contributed by atoms with Gasteiger partial charge in [-0.25, -0.2) is 0 Å². The van der Waals surface area contributed by atoms with Crippen LogP contribution >= 0.6 is 0 Å². The molecule has 8 nitrogen and oxygen atoms in total. The number of nitrogens with one attached hydrogen (secondary N) is 1. The molecule has 2 saturated heterocycles. The van der Waals surface area contributed by atoms with Gasteiger partial charge in [0.2, 0.25) is 0 Å². The van der Waals surface area contributed by atoms with Crippen molar-refractivity contribution in [3.05, 3.63) is 28.8 Å². The van der Waals surface area contributed by atoms with E-state index in [1.807, 2.05) is 11.6 Å². The summed E-state index contributed by atoms with van der Waals surface area (Å²) < 4.78 is 24.7. The van der Waals surface area contributed by atoms with Crippen LogP contribution in [0.25, 0.3) is 11.3 Å². The second-order valence-corrected chi connectivity index (χ2v) is 7.99. The highest BCUT2D eigenvalue weighted by atomic mass is 16.6. The van der Waals surface area contributed by atoms with Gasteiger partial charge in [-0.05, 0) is 31.7 Å². The number of aryl methyl sites for hydroxylation is 2. The van der Waals surface area contributed by atoms with Crippen LogP contribution in [-0.4, -0.2) is 60.9 Å². The number of rotatable bonds is 5. The van der Waals surface area contributed by atoms with Crippen LogP contribution in [-0.2, 0) is 33.6 Å². The fraction of sp³-hybridized carbons (Fsp3) is 0.619. The maximum Gasteiger partial charge on any atom is 0.287 e. The van der Waals surface area contributed by atoms with Gasteiger partial charge in [0, 0.05) is 36.9 Å². The zero-order valence-electron chi connectivity index (χ0n) is 16.7. The fourth-order valence-electron chi connectivity index (χ4n) is 4.41. The zero-order valence-corrected chi connectivity index (χ0v) is 16.7. The highest BCUT2D eigenvalue weighted by Crippen LogP contribution is 2.38. The summed E-state index contributed by atoms with van der Waals surface area (Å²) in [6.45, 7) is 5.63. The minimum absolute atomic E-state index is 0.113. The van der Waals surface area contributed by atoms with E-state index in [4.69, 9.17) is 23.7 Å². The molecule has 8 heteroatoms. The molecule has 156 valence electrons. The topological polar surface area (TPSA) is 87.8 Å². The standard InChI is InChI=1S/C21H27N3O5/c1-13-18-17(29-20(13)21(25)22-9-16-12-26-7-8-28-16)5-4-14-10-24(23-19(14)18)11-15-3-2-6-27-15/h10,15-16H,2-9,11-12H2,1H3,(H,22,25)/t15-,16+/m0/s1. The summed E-state index contributed by atoms with van der Waals surface area (Å²) in [4.78, 5) is 12.7. The van der Waals surface area contributed by atoms with Crippen LogP contribution in [0.4, 0.5) is 0 Å². The second-order valence-electron chi connectivity index (χ2n) is 7.99. The van der Waals surface area contributed by atoms with Crippen molar-refractivity contribution in [3.63, 3.8) is 0 Å². The van der Waals surface area contributed by atoms with E-state index in [1.165, 1.54) is 5.56 Å². The molecule has 1 amide bonds. The van der Waals surface area contributed by atoms with Gasteiger partial charge in [-0.1, -0.05) is 0 Å². The van der Waals surface area contributed by atoms with Crippen molar-refractivity contribution in [3.8, 4) is 11.3 Å². The number of carbonyl (C=O) groups excluding carboxylic acids is 1. The van der Waals surface area contributed by atoms with Crippen molar-refractivity contribution in [1.82, 2.24) is 15.1 Å². The van der Waals surface area contributed by atoms with Crippen molar-refractivity contribution in [2.45, 2.75) is 51.4 Å². The van der Waals surface area contributed by atoms with Gasteiger partial charge >= 0.3 is 0 Å². The van der Waals surface area contributed by atoms with Gasteiger partial charge in [-0.3, -0.25) is 9.48 Å². The molecular formula is C21H27N3O5. The third kappa shape index (κ3) is 3.72. The quantitative estimate of drug-likeness (QED) is 0.823. The van der Waals surface area contributed by atoms with Crippen molar-refractivity contribution in [2.24, 2.45) is 0 Å². The molecule has 2 fully saturated rings. The molecular weight excluding hydrogens is 374 g/mol. The highest BCUT2D eigenvalue weighted by molar-refractivity contribution is 5.95. The van der Waals surface area contributed by atoms with Crippen LogP contribution in [0.2, 0.25) is 0 Å². The predicted octanol–water partition coefficient (Wildman–Crippen LogP) is 1.87. The van der Waals surface area contributed by atoms with E-state index < -0.39 is 0 Å². The maximum absolute atomic E-state index is 12.7. The SMILES string of the molecule is Cc1c(C(=O)NC[C@@H]2COCCO2)oc2c1-c1nn(C[C@@H]3CCCO3)cc1CC2. The van der Waals surface area contributed by atoms with Crippen LogP contribution in [0.5, 0.6) is 0 Å². The highest BCUT2D eigenvalue weighted by Gasteiger charge is 2.30. The number of hydrogen-bond donors (Lipinski definition) is 1. The molecule has 2 aromatic rings. The number of furan rings is 1. The Labute approximate surface area is 169 Å². The molecule has 5 rings (SSSR count). The number of ether oxygens (including phenoxy) is 3. The van der Waals surface area contributed by atoms with Crippen molar-refractivity contribution in [1.29, 1.82) is 0 Å². The molecule has 29 heavy (non-hydrogen) atoms. The second kappa shape index (κ2) is 7.93. The Morgan fingerprint density at radius 3 is 2.93 bits per heavy atom. The van der Waals surface area contributed by atoms with E-state index in [0.29, 0.717) is 32.1 Å². The van der Waals surface area contributed by atoms with Crippen molar-refractivity contribution in [2.75, 3.05) is 33.0 Å². The lowest BCUT2D eigenvalue weighted by molar-refractivity contribution is -0.0856. The Morgan fingerprint density at radius 1 is 1.24 bits per heavy atom. The Kier molecular flexibility index (Phi) is 5.15. The van der Waals surface area contributed by atoms with Crippen LogP contribution in [0.1, 0.15) is 40.3 Å².